The van der Waals surface area contributed by atoms with Crippen molar-refractivity contribution in [2.24, 2.45) is 0 Å². The first-order chi connectivity index (χ1) is 12.9. The third-order valence-corrected chi connectivity index (χ3v) is 5.23. The molecule has 1 aliphatic rings. The maximum atomic E-state index is 3.79. The maximum absolute atomic E-state index is 3.79. The van der Waals surface area contributed by atoms with Gasteiger partial charge in [0.05, 0.1) is 0 Å². The van der Waals surface area contributed by atoms with E-state index >= 15 is 0 Å². The van der Waals surface area contributed by atoms with Crippen LogP contribution in [0.2, 0.25) is 0 Å². The molecular weight excluding hydrogens is 316 g/mol. The summed E-state index contributed by atoms with van der Waals surface area (Å²) in [5.41, 5.74) is 4.19. The lowest BCUT2D eigenvalue weighted by molar-refractivity contribution is 0.122. The van der Waals surface area contributed by atoms with Crippen LogP contribution >= 0.6 is 0 Å². The molecule has 0 aliphatic carbocycles. The first kappa shape index (κ1) is 17.0. The zero-order valence-corrected chi connectivity index (χ0v) is 15.1. The molecule has 0 bridgehead atoms. The second kappa shape index (κ2) is 8.31. The van der Waals surface area contributed by atoms with Gasteiger partial charge in [0.2, 0.25) is 0 Å². The van der Waals surface area contributed by atoms with Gasteiger partial charge in [-0.15, -0.1) is 0 Å². The molecule has 3 aromatic carbocycles. The summed E-state index contributed by atoms with van der Waals surface area (Å²) in [6.45, 7) is 3.05. The first-order valence-corrected chi connectivity index (χ1v) is 9.49. The van der Waals surface area contributed by atoms with E-state index in [9.17, 15) is 0 Å². The van der Waals surface area contributed by atoms with Crippen LogP contribution in [-0.2, 0) is 13.0 Å². The fourth-order valence-corrected chi connectivity index (χ4v) is 3.91. The first-order valence-electron chi connectivity index (χ1n) is 9.49. The summed E-state index contributed by atoms with van der Waals surface area (Å²) in [6.07, 6.45) is 1.08. The Kier molecular flexibility index (Phi) is 5.44. The van der Waals surface area contributed by atoms with Crippen molar-refractivity contribution in [1.82, 2.24) is 10.2 Å². The molecule has 1 heterocycles. The lowest BCUT2D eigenvalue weighted by Gasteiger charge is -2.41. The van der Waals surface area contributed by atoms with Crippen molar-refractivity contribution in [3.05, 3.63) is 108 Å². The summed E-state index contributed by atoms with van der Waals surface area (Å²) < 4.78 is 0. The summed E-state index contributed by atoms with van der Waals surface area (Å²) in [6, 6.07) is 33.4. The number of hydrogen-bond donors (Lipinski definition) is 1. The Balaban J connectivity index is 1.52. The standard InChI is InChI=1S/C24H26N2/c1-4-10-20(11-5-1)16-23-19-26(18-21-12-6-2-7-13-21)24(17-25-23)22-14-8-3-9-15-22/h1-15,23-25H,16-19H2. The number of rotatable bonds is 5. The van der Waals surface area contributed by atoms with Crippen molar-refractivity contribution in [2.75, 3.05) is 13.1 Å². The van der Waals surface area contributed by atoms with Gasteiger partial charge in [0.15, 0.2) is 0 Å². The molecule has 4 rings (SSSR count). The van der Waals surface area contributed by atoms with E-state index in [0.717, 1.165) is 26.1 Å². The summed E-state index contributed by atoms with van der Waals surface area (Å²) >= 11 is 0. The molecule has 0 radical (unpaired) electrons. The fraction of sp³-hybridized carbons (Fsp3) is 0.250. The van der Waals surface area contributed by atoms with E-state index in [0.29, 0.717) is 12.1 Å². The molecule has 2 heteroatoms. The minimum Gasteiger partial charge on any atom is -0.310 e. The van der Waals surface area contributed by atoms with Crippen LogP contribution in [0.5, 0.6) is 0 Å². The van der Waals surface area contributed by atoms with Gasteiger partial charge in [0.1, 0.15) is 0 Å². The van der Waals surface area contributed by atoms with E-state index in [4.69, 9.17) is 0 Å². The molecule has 0 aromatic heterocycles. The highest BCUT2D eigenvalue weighted by atomic mass is 15.2. The molecule has 0 saturated carbocycles. The van der Waals surface area contributed by atoms with Crippen molar-refractivity contribution < 1.29 is 0 Å². The minimum absolute atomic E-state index is 0.420. The van der Waals surface area contributed by atoms with E-state index in [1.807, 2.05) is 0 Å². The van der Waals surface area contributed by atoms with Crippen molar-refractivity contribution in [3.63, 3.8) is 0 Å². The van der Waals surface area contributed by atoms with Crippen LogP contribution in [0.1, 0.15) is 22.7 Å². The molecule has 2 nitrogen and oxygen atoms in total. The Morgan fingerprint density at radius 2 is 1.31 bits per heavy atom. The molecule has 2 unspecified atom stereocenters. The van der Waals surface area contributed by atoms with Gasteiger partial charge < -0.3 is 5.32 Å². The molecule has 1 saturated heterocycles. The highest BCUT2D eigenvalue weighted by molar-refractivity contribution is 5.23. The molecule has 3 aromatic rings. The number of nitrogens with one attached hydrogen (secondary N) is 1. The highest BCUT2D eigenvalue weighted by Gasteiger charge is 2.28. The Labute approximate surface area is 156 Å². The zero-order chi connectivity index (χ0) is 17.6. The minimum atomic E-state index is 0.420. The predicted octanol–water partition coefficient (Wildman–Crippen LogP) is 4.44. The van der Waals surface area contributed by atoms with Crippen LogP contribution in [0.15, 0.2) is 91.0 Å². The number of hydrogen-bond acceptors (Lipinski definition) is 2. The quantitative estimate of drug-likeness (QED) is 0.737. The topological polar surface area (TPSA) is 15.3 Å². The van der Waals surface area contributed by atoms with E-state index in [-0.39, 0.29) is 0 Å². The van der Waals surface area contributed by atoms with Crippen molar-refractivity contribution in [2.45, 2.75) is 25.0 Å². The highest BCUT2D eigenvalue weighted by Crippen LogP contribution is 2.26. The van der Waals surface area contributed by atoms with Gasteiger partial charge in [-0.05, 0) is 23.1 Å². The monoisotopic (exact) mass is 342 g/mol. The molecule has 0 amide bonds. The van der Waals surface area contributed by atoms with Gasteiger partial charge in [-0.3, -0.25) is 4.90 Å². The molecule has 1 N–H and O–H groups in total. The smallest absolute Gasteiger partial charge is 0.0476 e. The van der Waals surface area contributed by atoms with Gasteiger partial charge >= 0.3 is 0 Å². The van der Waals surface area contributed by atoms with Crippen LogP contribution in [0.4, 0.5) is 0 Å². The predicted molar refractivity (Wildman–Crippen MR) is 108 cm³/mol. The lowest BCUT2D eigenvalue weighted by Crippen LogP contribution is -2.52. The molecule has 2 atom stereocenters. The van der Waals surface area contributed by atoms with E-state index in [2.05, 4.69) is 101 Å². The number of nitrogens with zero attached hydrogens (tertiary/aromatic N) is 1. The number of piperazine rings is 1. The fourth-order valence-electron chi connectivity index (χ4n) is 3.91. The van der Waals surface area contributed by atoms with Crippen LogP contribution in [0.25, 0.3) is 0 Å². The molecule has 0 spiro atoms. The van der Waals surface area contributed by atoms with Crippen molar-refractivity contribution in [3.8, 4) is 0 Å². The Morgan fingerprint density at radius 1 is 0.731 bits per heavy atom. The maximum Gasteiger partial charge on any atom is 0.0476 e. The zero-order valence-electron chi connectivity index (χ0n) is 15.1. The van der Waals surface area contributed by atoms with Crippen LogP contribution in [0, 0.1) is 0 Å². The van der Waals surface area contributed by atoms with Gasteiger partial charge in [0.25, 0.3) is 0 Å². The largest absolute Gasteiger partial charge is 0.310 e. The summed E-state index contributed by atoms with van der Waals surface area (Å²) in [5.74, 6) is 0. The molecule has 26 heavy (non-hydrogen) atoms. The third kappa shape index (κ3) is 4.21. The second-order valence-corrected chi connectivity index (χ2v) is 7.14. The normalized spacial score (nSPS) is 20.8. The second-order valence-electron chi connectivity index (χ2n) is 7.14. The Hall–Kier alpha value is -2.42. The Morgan fingerprint density at radius 3 is 1.96 bits per heavy atom. The van der Waals surface area contributed by atoms with Gasteiger partial charge in [0, 0.05) is 31.7 Å². The summed E-state index contributed by atoms with van der Waals surface area (Å²) in [4.78, 5) is 2.63. The molecule has 1 aliphatic heterocycles. The van der Waals surface area contributed by atoms with Crippen LogP contribution in [0.3, 0.4) is 0 Å². The van der Waals surface area contributed by atoms with Crippen LogP contribution < -0.4 is 5.32 Å². The van der Waals surface area contributed by atoms with Crippen molar-refractivity contribution >= 4 is 0 Å². The average Bonchev–Trinajstić information content (AvgIpc) is 2.70. The SMILES string of the molecule is c1ccc(CC2CN(Cc3ccccc3)C(c3ccccc3)CN2)cc1. The van der Waals surface area contributed by atoms with E-state index < -0.39 is 0 Å². The molecular formula is C24H26N2. The molecule has 1 fully saturated rings. The summed E-state index contributed by atoms with van der Waals surface area (Å²) in [7, 11) is 0. The Bertz CT molecular complexity index is 786. The number of benzene rings is 3. The van der Waals surface area contributed by atoms with Gasteiger partial charge in [-0.2, -0.15) is 0 Å². The van der Waals surface area contributed by atoms with Gasteiger partial charge in [-0.1, -0.05) is 91.0 Å². The van der Waals surface area contributed by atoms with Gasteiger partial charge in [-0.25, -0.2) is 0 Å². The third-order valence-electron chi connectivity index (χ3n) is 5.23. The van der Waals surface area contributed by atoms with E-state index in [1.54, 1.807) is 0 Å². The summed E-state index contributed by atoms with van der Waals surface area (Å²) in [5, 5.41) is 3.79. The molecule has 132 valence electrons. The average molecular weight is 342 g/mol. The lowest BCUT2D eigenvalue weighted by atomic mass is 9.97. The van der Waals surface area contributed by atoms with Crippen LogP contribution in [-0.4, -0.2) is 24.0 Å². The van der Waals surface area contributed by atoms with E-state index in [1.165, 1.54) is 16.7 Å². The van der Waals surface area contributed by atoms with Crippen molar-refractivity contribution in [1.29, 1.82) is 0 Å².